The summed E-state index contributed by atoms with van der Waals surface area (Å²) in [5, 5.41) is 3.38. The lowest BCUT2D eigenvalue weighted by Crippen LogP contribution is -2.23. The molecular formula is C25H23N3O3S. The fraction of sp³-hybridized carbons (Fsp3) is 0.160. The van der Waals surface area contributed by atoms with Crippen LogP contribution in [0.15, 0.2) is 82.7 Å². The first kappa shape index (κ1) is 21.6. The molecule has 0 radical (unpaired) electrons. The number of nitrogens with zero attached hydrogens (tertiary/aromatic N) is 2. The fourth-order valence-corrected chi connectivity index (χ4v) is 4.49. The van der Waals surface area contributed by atoms with Gasteiger partial charge in [0.15, 0.2) is 5.16 Å². The average Bonchev–Trinajstić information content (AvgIpc) is 2.81. The van der Waals surface area contributed by atoms with E-state index in [4.69, 9.17) is 4.74 Å². The molecule has 0 saturated carbocycles. The number of carbonyl (C=O) groups excluding carboxylic acids is 1. The van der Waals surface area contributed by atoms with Crippen LogP contribution >= 0.6 is 11.8 Å². The molecule has 0 aliphatic carbocycles. The molecule has 0 aliphatic rings. The number of aryl methyl sites for hydroxylation is 1. The number of ether oxygens (including phenoxy) is 1. The number of rotatable bonds is 6. The molecule has 1 heterocycles. The minimum absolute atomic E-state index is 0.148. The third-order valence-electron chi connectivity index (χ3n) is 5.12. The van der Waals surface area contributed by atoms with Crippen LogP contribution in [-0.2, 0) is 11.8 Å². The van der Waals surface area contributed by atoms with Crippen LogP contribution in [0.2, 0.25) is 0 Å². The van der Waals surface area contributed by atoms with Crippen LogP contribution in [0.5, 0.6) is 5.75 Å². The first-order valence-electron chi connectivity index (χ1n) is 10.1. The molecule has 32 heavy (non-hydrogen) atoms. The zero-order valence-corrected chi connectivity index (χ0v) is 18.8. The van der Waals surface area contributed by atoms with E-state index < -0.39 is 5.25 Å². The molecular weight excluding hydrogens is 422 g/mol. The van der Waals surface area contributed by atoms with Crippen molar-refractivity contribution in [1.29, 1.82) is 0 Å². The highest BCUT2D eigenvalue weighted by molar-refractivity contribution is 8.00. The molecule has 0 fully saturated rings. The van der Waals surface area contributed by atoms with E-state index in [-0.39, 0.29) is 11.5 Å². The van der Waals surface area contributed by atoms with Crippen LogP contribution < -0.4 is 15.6 Å². The lowest BCUT2D eigenvalue weighted by molar-refractivity contribution is -0.115. The van der Waals surface area contributed by atoms with Gasteiger partial charge in [-0.15, -0.1) is 0 Å². The van der Waals surface area contributed by atoms with Gasteiger partial charge in [0.05, 0.1) is 23.7 Å². The maximum atomic E-state index is 13.5. The number of aromatic nitrogens is 2. The molecule has 1 amide bonds. The molecule has 162 valence electrons. The van der Waals surface area contributed by atoms with Gasteiger partial charge in [-0.3, -0.25) is 14.2 Å². The summed E-state index contributed by atoms with van der Waals surface area (Å²) in [4.78, 5) is 31.0. The van der Waals surface area contributed by atoms with Crippen molar-refractivity contribution in [2.45, 2.75) is 17.3 Å². The molecule has 1 aromatic heterocycles. The Morgan fingerprint density at radius 2 is 1.78 bits per heavy atom. The molecule has 6 nitrogen and oxygen atoms in total. The van der Waals surface area contributed by atoms with Gasteiger partial charge < -0.3 is 10.1 Å². The van der Waals surface area contributed by atoms with Crippen LogP contribution in [0.25, 0.3) is 10.9 Å². The number of thioether (sulfide) groups is 1. The molecule has 0 spiro atoms. The second-order valence-electron chi connectivity index (χ2n) is 7.38. The normalized spacial score (nSPS) is 11.8. The monoisotopic (exact) mass is 445 g/mol. The molecule has 7 heteroatoms. The van der Waals surface area contributed by atoms with Gasteiger partial charge in [0, 0.05) is 7.05 Å². The molecule has 0 aliphatic heterocycles. The number of hydrogen-bond donors (Lipinski definition) is 1. The third-order valence-corrected chi connectivity index (χ3v) is 6.42. The summed E-state index contributed by atoms with van der Waals surface area (Å²) in [5.74, 6) is 0.351. The highest BCUT2D eigenvalue weighted by Crippen LogP contribution is 2.36. The zero-order valence-electron chi connectivity index (χ0n) is 18.0. The summed E-state index contributed by atoms with van der Waals surface area (Å²) in [7, 11) is 3.24. The topological polar surface area (TPSA) is 73.2 Å². The minimum atomic E-state index is -0.624. The van der Waals surface area contributed by atoms with E-state index in [1.807, 2.05) is 67.6 Å². The fourth-order valence-electron chi connectivity index (χ4n) is 3.43. The second-order valence-corrected chi connectivity index (χ2v) is 8.45. The highest BCUT2D eigenvalue weighted by atomic mass is 32.2. The molecule has 4 rings (SSSR count). The van der Waals surface area contributed by atoms with E-state index in [0.717, 1.165) is 11.1 Å². The lowest BCUT2D eigenvalue weighted by atomic mass is 10.1. The van der Waals surface area contributed by atoms with Crippen molar-refractivity contribution in [3.63, 3.8) is 0 Å². The number of nitrogens with one attached hydrogen (secondary N) is 1. The Morgan fingerprint density at radius 3 is 2.53 bits per heavy atom. The van der Waals surface area contributed by atoms with E-state index in [1.54, 1.807) is 26.3 Å². The van der Waals surface area contributed by atoms with E-state index in [1.165, 1.54) is 16.3 Å². The van der Waals surface area contributed by atoms with E-state index in [0.29, 0.717) is 27.5 Å². The summed E-state index contributed by atoms with van der Waals surface area (Å²) < 4.78 is 6.90. The quantitative estimate of drug-likeness (QED) is 0.343. The summed E-state index contributed by atoms with van der Waals surface area (Å²) in [5.41, 5.74) is 2.86. The number of methoxy groups -OCH3 is 1. The van der Waals surface area contributed by atoms with E-state index >= 15 is 0 Å². The number of para-hydroxylation sites is 1. The van der Waals surface area contributed by atoms with E-state index in [2.05, 4.69) is 10.3 Å². The smallest absolute Gasteiger partial charge is 0.261 e. The number of carbonyl (C=O) groups is 1. The van der Waals surface area contributed by atoms with Gasteiger partial charge in [-0.05, 0) is 42.3 Å². The Hall–Kier alpha value is -3.58. The summed E-state index contributed by atoms with van der Waals surface area (Å²) >= 11 is 1.24. The average molecular weight is 446 g/mol. The Bertz CT molecular complexity index is 1340. The second kappa shape index (κ2) is 9.28. The van der Waals surface area contributed by atoms with Crippen molar-refractivity contribution in [2.75, 3.05) is 12.4 Å². The predicted octanol–water partition coefficient (Wildman–Crippen LogP) is 4.72. The molecule has 1 N–H and O–H groups in total. The molecule has 4 aromatic rings. The van der Waals surface area contributed by atoms with Crippen molar-refractivity contribution in [3.8, 4) is 5.75 Å². The van der Waals surface area contributed by atoms with E-state index in [9.17, 15) is 9.59 Å². The van der Waals surface area contributed by atoms with Crippen LogP contribution in [0.1, 0.15) is 16.4 Å². The number of amides is 1. The largest absolute Gasteiger partial charge is 0.495 e. The van der Waals surface area contributed by atoms with Gasteiger partial charge in [-0.2, -0.15) is 0 Å². The maximum absolute atomic E-state index is 13.5. The van der Waals surface area contributed by atoms with Crippen molar-refractivity contribution >= 4 is 34.3 Å². The summed E-state index contributed by atoms with van der Waals surface area (Å²) in [6.45, 7) is 1.95. The van der Waals surface area contributed by atoms with Gasteiger partial charge in [0.25, 0.3) is 5.56 Å². The van der Waals surface area contributed by atoms with Gasteiger partial charge in [0.1, 0.15) is 11.0 Å². The van der Waals surface area contributed by atoms with Crippen molar-refractivity contribution in [2.24, 2.45) is 7.05 Å². The molecule has 0 saturated heterocycles. The first-order valence-corrected chi connectivity index (χ1v) is 11.0. The van der Waals surface area contributed by atoms with Gasteiger partial charge in [0.2, 0.25) is 5.91 Å². The Balaban J connectivity index is 1.74. The van der Waals surface area contributed by atoms with Crippen molar-refractivity contribution in [3.05, 3.63) is 94.3 Å². The minimum Gasteiger partial charge on any atom is -0.495 e. The molecule has 3 aromatic carbocycles. The van der Waals surface area contributed by atoms with Crippen LogP contribution in [0.4, 0.5) is 5.69 Å². The number of anilines is 1. The van der Waals surface area contributed by atoms with Crippen LogP contribution in [-0.4, -0.2) is 22.6 Å². The number of fused-ring (bicyclic) bond motifs is 1. The predicted molar refractivity (Wildman–Crippen MR) is 128 cm³/mol. The van der Waals surface area contributed by atoms with Crippen LogP contribution in [0, 0.1) is 6.92 Å². The standard InChI is InChI=1S/C25H23N3O3S/c1-16-13-14-21(31-3)20(15-16)26-23(29)22(17-9-5-4-6-10-17)32-25-27-19-12-8-7-11-18(19)24(30)28(25)2/h4-15,22H,1-3H3,(H,26,29). The Labute approximate surface area is 190 Å². The third kappa shape index (κ3) is 4.38. The molecule has 1 unspecified atom stereocenters. The van der Waals surface area contributed by atoms with Gasteiger partial charge in [-0.1, -0.05) is 60.3 Å². The Kier molecular flexibility index (Phi) is 6.28. The molecule has 1 atom stereocenters. The molecule has 0 bridgehead atoms. The summed E-state index contributed by atoms with van der Waals surface area (Å²) in [6, 6.07) is 22.3. The number of benzene rings is 3. The number of hydrogen-bond acceptors (Lipinski definition) is 5. The summed E-state index contributed by atoms with van der Waals surface area (Å²) in [6.07, 6.45) is 0. The highest BCUT2D eigenvalue weighted by Gasteiger charge is 2.25. The van der Waals surface area contributed by atoms with Gasteiger partial charge in [-0.25, -0.2) is 4.98 Å². The van der Waals surface area contributed by atoms with Crippen LogP contribution in [0.3, 0.4) is 0 Å². The maximum Gasteiger partial charge on any atom is 0.261 e. The first-order chi connectivity index (χ1) is 15.5. The SMILES string of the molecule is COc1ccc(C)cc1NC(=O)C(Sc1nc2ccccc2c(=O)n1C)c1ccccc1. The van der Waals surface area contributed by atoms with Gasteiger partial charge >= 0.3 is 0 Å². The zero-order chi connectivity index (χ0) is 22.7. The van der Waals surface area contributed by atoms with Crippen molar-refractivity contribution < 1.29 is 9.53 Å². The Morgan fingerprint density at radius 1 is 1.06 bits per heavy atom. The lowest BCUT2D eigenvalue weighted by Gasteiger charge is -2.19. The van der Waals surface area contributed by atoms with Crippen molar-refractivity contribution in [1.82, 2.24) is 9.55 Å².